The summed E-state index contributed by atoms with van der Waals surface area (Å²) in [6.45, 7) is 0.248. The molecule has 0 amide bonds. The first-order valence-corrected chi connectivity index (χ1v) is 5.73. The molecule has 2 heterocycles. The number of aromatic nitrogens is 5. The van der Waals surface area contributed by atoms with Gasteiger partial charge < -0.3 is 5.11 Å². The van der Waals surface area contributed by atoms with Crippen LogP contribution in [0.15, 0.2) is 11.1 Å². The average Bonchev–Trinajstić information content (AvgIpc) is 2.74. The minimum absolute atomic E-state index is 0.143. The summed E-state index contributed by atoms with van der Waals surface area (Å²) in [7, 11) is 1.50. The molecule has 1 unspecified atom stereocenters. The molecule has 0 aliphatic heterocycles. The Bertz CT molecular complexity index is 692. The molecule has 0 spiro atoms. The van der Waals surface area contributed by atoms with E-state index < -0.39 is 30.3 Å². The molecule has 2 aromatic rings. The lowest BCUT2D eigenvalue weighted by molar-refractivity contribution is -0.266. The normalized spacial score (nSPS) is 15.5. The van der Waals surface area contributed by atoms with Gasteiger partial charge in [-0.25, -0.2) is 9.67 Å². The molecule has 1 atom stereocenters. The van der Waals surface area contributed by atoms with Crippen LogP contribution in [-0.4, -0.2) is 41.4 Å². The van der Waals surface area contributed by atoms with E-state index in [4.69, 9.17) is 0 Å². The maximum atomic E-state index is 12.8. The quantitative estimate of drug-likeness (QED) is 0.874. The van der Waals surface area contributed by atoms with Crippen molar-refractivity contribution in [2.75, 3.05) is 0 Å². The van der Waals surface area contributed by atoms with Crippen molar-refractivity contribution in [2.45, 2.75) is 31.7 Å². The second-order valence-corrected chi connectivity index (χ2v) is 4.45. The van der Waals surface area contributed by atoms with Crippen molar-refractivity contribution in [1.29, 1.82) is 0 Å². The lowest BCUT2D eigenvalue weighted by Crippen LogP contribution is -2.49. The van der Waals surface area contributed by atoms with Gasteiger partial charge in [0.1, 0.15) is 6.33 Å². The molecule has 0 bridgehead atoms. The van der Waals surface area contributed by atoms with Gasteiger partial charge in [0.05, 0.1) is 6.54 Å². The molecular weight excluding hydrogens is 279 g/mol. The summed E-state index contributed by atoms with van der Waals surface area (Å²) in [6, 6.07) is 0. The number of hydrogen-bond acceptors (Lipinski definition) is 5. The highest BCUT2D eigenvalue weighted by Crippen LogP contribution is 2.34. The number of rotatable bonds is 3. The summed E-state index contributed by atoms with van der Waals surface area (Å²) in [6.07, 6.45) is -4.49. The van der Waals surface area contributed by atoms with E-state index in [-0.39, 0.29) is 11.2 Å². The van der Waals surface area contributed by atoms with Crippen LogP contribution in [0.1, 0.15) is 13.3 Å². The molecule has 0 aromatic carbocycles. The predicted octanol–water partition coefficient (Wildman–Crippen LogP) is 0.228. The van der Waals surface area contributed by atoms with Gasteiger partial charge in [-0.3, -0.25) is 9.36 Å². The summed E-state index contributed by atoms with van der Waals surface area (Å²) in [5.74, 6) is 0. The first-order chi connectivity index (χ1) is 9.19. The fourth-order valence-electron chi connectivity index (χ4n) is 1.74. The highest BCUT2D eigenvalue weighted by molar-refractivity contribution is 5.67. The van der Waals surface area contributed by atoms with Crippen molar-refractivity contribution in [3.63, 3.8) is 0 Å². The topological polar surface area (TPSA) is 85.8 Å². The predicted molar refractivity (Wildman–Crippen MR) is 61.9 cm³/mol. The molecule has 0 saturated carbocycles. The monoisotopic (exact) mass is 291 g/mol. The second kappa shape index (κ2) is 4.54. The van der Waals surface area contributed by atoms with E-state index in [1.54, 1.807) is 0 Å². The van der Waals surface area contributed by atoms with Gasteiger partial charge in [-0.05, 0) is 6.42 Å². The highest BCUT2D eigenvalue weighted by Gasteiger charge is 2.52. The van der Waals surface area contributed by atoms with Crippen molar-refractivity contribution >= 4 is 11.2 Å². The molecule has 0 radical (unpaired) electrons. The van der Waals surface area contributed by atoms with Gasteiger partial charge in [0.2, 0.25) is 0 Å². The number of halogens is 3. The van der Waals surface area contributed by atoms with E-state index in [9.17, 15) is 23.1 Å². The summed E-state index contributed by atoms with van der Waals surface area (Å²) >= 11 is 0. The van der Waals surface area contributed by atoms with Crippen LogP contribution in [0.25, 0.3) is 11.2 Å². The lowest BCUT2D eigenvalue weighted by atomic mass is 10.0. The summed E-state index contributed by atoms with van der Waals surface area (Å²) in [5.41, 5.74) is -3.75. The maximum Gasteiger partial charge on any atom is 0.418 e. The Balaban J connectivity index is 2.49. The molecule has 10 heteroatoms. The Morgan fingerprint density at radius 3 is 2.60 bits per heavy atom. The van der Waals surface area contributed by atoms with Crippen molar-refractivity contribution in [1.82, 2.24) is 24.5 Å². The number of aryl methyl sites for hydroxylation is 1. The van der Waals surface area contributed by atoms with E-state index in [1.165, 1.54) is 18.7 Å². The maximum absolute atomic E-state index is 12.8. The van der Waals surface area contributed by atoms with E-state index in [0.717, 1.165) is 6.33 Å². The third kappa shape index (κ3) is 2.15. The molecule has 0 aliphatic carbocycles. The zero-order chi connectivity index (χ0) is 15.1. The molecular formula is C10H12F3N5O2. The standard InChI is InChI=1S/C10H12F3N5O2/c1-3-9(20,10(11,12)13)4-18-5-14-7-6(8(18)19)15-16-17(7)2/h5,20H,3-4H2,1-2H3. The van der Waals surface area contributed by atoms with Gasteiger partial charge in [0, 0.05) is 7.05 Å². The number of fused-ring (bicyclic) bond motifs is 1. The van der Waals surface area contributed by atoms with Crippen molar-refractivity contribution in [2.24, 2.45) is 7.05 Å². The summed E-state index contributed by atoms with van der Waals surface area (Å²) < 4.78 is 40.4. The second-order valence-electron chi connectivity index (χ2n) is 4.45. The minimum atomic E-state index is -4.85. The molecule has 0 fully saturated rings. The van der Waals surface area contributed by atoms with Crippen LogP contribution in [0.4, 0.5) is 13.2 Å². The van der Waals surface area contributed by atoms with Gasteiger partial charge >= 0.3 is 6.18 Å². The Hall–Kier alpha value is -1.97. The highest BCUT2D eigenvalue weighted by atomic mass is 19.4. The fraction of sp³-hybridized carbons (Fsp3) is 0.600. The van der Waals surface area contributed by atoms with E-state index >= 15 is 0 Å². The van der Waals surface area contributed by atoms with E-state index in [0.29, 0.717) is 4.57 Å². The number of nitrogens with zero attached hydrogens (tertiary/aromatic N) is 5. The van der Waals surface area contributed by atoms with Crippen LogP contribution in [0.5, 0.6) is 0 Å². The molecule has 0 saturated heterocycles. The lowest BCUT2D eigenvalue weighted by Gasteiger charge is -2.29. The van der Waals surface area contributed by atoms with Crippen LogP contribution >= 0.6 is 0 Å². The largest absolute Gasteiger partial charge is 0.418 e. The molecule has 7 nitrogen and oxygen atoms in total. The van der Waals surface area contributed by atoms with Gasteiger partial charge in [-0.1, -0.05) is 12.1 Å². The molecule has 1 N–H and O–H groups in total. The van der Waals surface area contributed by atoms with Gasteiger partial charge in [-0.15, -0.1) is 5.10 Å². The van der Waals surface area contributed by atoms with Gasteiger partial charge in [-0.2, -0.15) is 13.2 Å². The Labute approximate surface area is 110 Å². The van der Waals surface area contributed by atoms with E-state index in [2.05, 4.69) is 15.3 Å². The van der Waals surface area contributed by atoms with Crippen LogP contribution < -0.4 is 5.56 Å². The molecule has 20 heavy (non-hydrogen) atoms. The van der Waals surface area contributed by atoms with Crippen LogP contribution in [0.2, 0.25) is 0 Å². The SMILES string of the molecule is CCC(O)(Cn1cnc2c(nnn2C)c1=O)C(F)(F)F. The third-order valence-electron chi connectivity index (χ3n) is 3.12. The molecule has 2 rings (SSSR count). The van der Waals surface area contributed by atoms with Gasteiger partial charge in [0.15, 0.2) is 16.8 Å². The zero-order valence-corrected chi connectivity index (χ0v) is 10.7. The summed E-state index contributed by atoms with van der Waals surface area (Å²) in [4.78, 5) is 15.8. The Morgan fingerprint density at radius 1 is 1.40 bits per heavy atom. The van der Waals surface area contributed by atoms with E-state index in [1.807, 2.05) is 0 Å². The van der Waals surface area contributed by atoms with Crippen LogP contribution in [0.3, 0.4) is 0 Å². The van der Waals surface area contributed by atoms with Crippen LogP contribution in [0, 0.1) is 0 Å². The fourth-order valence-corrected chi connectivity index (χ4v) is 1.74. The first-order valence-electron chi connectivity index (χ1n) is 5.73. The minimum Gasteiger partial charge on any atom is -0.379 e. The first kappa shape index (κ1) is 14.4. The molecule has 110 valence electrons. The number of alkyl halides is 3. The third-order valence-corrected chi connectivity index (χ3v) is 3.12. The van der Waals surface area contributed by atoms with Crippen molar-refractivity contribution in [3.8, 4) is 0 Å². The number of hydrogen-bond donors (Lipinski definition) is 1. The summed E-state index contributed by atoms with van der Waals surface area (Å²) in [5, 5.41) is 16.8. The average molecular weight is 291 g/mol. The Kier molecular flexibility index (Phi) is 3.28. The molecule has 2 aromatic heterocycles. The van der Waals surface area contributed by atoms with Crippen molar-refractivity contribution in [3.05, 3.63) is 16.7 Å². The smallest absolute Gasteiger partial charge is 0.379 e. The number of aliphatic hydroxyl groups is 1. The Morgan fingerprint density at radius 2 is 2.05 bits per heavy atom. The zero-order valence-electron chi connectivity index (χ0n) is 10.7. The van der Waals surface area contributed by atoms with Crippen molar-refractivity contribution < 1.29 is 18.3 Å². The van der Waals surface area contributed by atoms with Gasteiger partial charge in [0.25, 0.3) is 5.56 Å². The molecule has 0 aliphatic rings. The van der Waals surface area contributed by atoms with Crippen LogP contribution in [-0.2, 0) is 13.6 Å².